The van der Waals surface area contributed by atoms with Crippen molar-refractivity contribution in [3.63, 3.8) is 0 Å². The van der Waals surface area contributed by atoms with Crippen LogP contribution < -0.4 is 15.2 Å². The van der Waals surface area contributed by atoms with Crippen molar-refractivity contribution in [3.05, 3.63) is 11.8 Å². The van der Waals surface area contributed by atoms with Crippen LogP contribution in [0.2, 0.25) is 0 Å². The van der Waals surface area contributed by atoms with Crippen LogP contribution in [0.5, 0.6) is 0 Å². The minimum Gasteiger partial charge on any atom is -0.378 e. The molecule has 0 saturated carbocycles. The number of nitrogens with one attached hydrogen (secondary N) is 2. The van der Waals surface area contributed by atoms with Gasteiger partial charge in [0.1, 0.15) is 5.82 Å². The molecule has 19 heavy (non-hydrogen) atoms. The molecular formula is C10H17N5O3S. The standard InChI is InChI=1S/C10H17N5O3S/c1-8-7-11-10(13-14-19(2,16)17)12-9(8)15-3-5-18-6-4-15/h7,14H,3-6H2,1-2H3,(H,11,12,13). The molecule has 2 heterocycles. The third-order valence-electron chi connectivity index (χ3n) is 2.60. The highest BCUT2D eigenvalue weighted by Gasteiger charge is 2.15. The van der Waals surface area contributed by atoms with Crippen LogP contribution in [0.3, 0.4) is 0 Å². The van der Waals surface area contributed by atoms with Crippen LogP contribution in [-0.2, 0) is 14.8 Å². The number of hydrogen-bond donors (Lipinski definition) is 2. The third kappa shape index (κ3) is 4.01. The maximum Gasteiger partial charge on any atom is 0.240 e. The van der Waals surface area contributed by atoms with E-state index in [0.29, 0.717) is 13.2 Å². The van der Waals surface area contributed by atoms with Crippen molar-refractivity contribution in [2.45, 2.75) is 6.92 Å². The van der Waals surface area contributed by atoms with E-state index in [0.717, 1.165) is 30.7 Å². The van der Waals surface area contributed by atoms with E-state index in [1.807, 2.05) is 6.92 Å². The second-order valence-electron chi connectivity index (χ2n) is 4.30. The Morgan fingerprint density at radius 1 is 1.37 bits per heavy atom. The molecule has 2 N–H and O–H groups in total. The summed E-state index contributed by atoms with van der Waals surface area (Å²) in [5.41, 5.74) is 3.41. The number of ether oxygens (including phenoxy) is 1. The predicted octanol–water partition coefficient (Wildman–Crippen LogP) is -0.502. The summed E-state index contributed by atoms with van der Waals surface area (Å²) < 4.78 is 27.3. The van der Waals surface area contributed by atoms with Crippen LogP contribution in [0, 0.1) is 6.92 Å². The fourth-order valence-electron chi connectivity index (χ4n) is 1.73. The van der Waals surface area contributed by atoms with E-state index >= 15 is 0 Å². The van der Waals surface area contributed by atoms with Crippen molar-refractivity contribution in [1.82, 2.24) is 14.8 Å². The lowest BCUT2D eigenvalue weighted by molar-refractivity contribution is 0.122. The fraction of sp³-hybridized carbons (Fsp3) is 0.600. The zero-order valence-electron chi connectivity index (χ0n) is 10.9. The van der Waals surface area contributed by atoms with Crippen LogP contribution in [0.15, 0.2) is 6.20 Å². The summed E-state index contributed by atoms with van der Waals surface area (Å²) in [5, 5.41) is 0. The van der Waals surface area contributed by atoms with Crippen molar-refractivity contribution >= 4 is 21.8 Å². The number of anilines is 2. The lowest BCUT2D eigenvalue weighted by atomic mass is 10.3. The monoisotopic (exact) mass is 287 g/mol. The van der Waals surface area contributed by atoms with E-state index < -0.39 is 10.0 Å². The SMILES string of the molecule is Cc1cnc(NNS(C)(=O)=O)nc1N1CCOCC1. The van der Waals surface area contributed by atoms with Gasteiger partial charge in [-0.25, -0.2) is 13.4 Å². The molecular weight excluding hydrogens is 270 g/mol. The molecule has 0 amide bonds. The van der Waals surface area contributed by atoms with Crippen molar-refractivity contribution in [2.75, 3.05) is 42.9 Å². The Kier molecular flexibility index (Phi) is 4.17. The Morgan fingerprint density at radius 3 is 2.68 bits per heavy atom. The normalized spacial score (nSPS) is 16.4. The topological polar surface area (TPSA) is 96.5 Å². The van der Waals surface area contributed by atoms with Gasteiger partial charge in [-0.15, -0.1) is 4.83 Å². The molecule has 1 fully saturated rings. The molecule has 1 aliphatic heterocycles. The van der Waals surface area contributed by atoms with Crippen molar-refractivity contribution in [2.24, 2.45) is 0 Å². The summed E-state index contributed by atoms with van der Waals surface area (Å²) in [6.07, 6.45) is 2.71. The summed E-state index contributed by atoms with van der Waals surface area (Å²) in [7, 11) is -3.34. The Hall–Kier alpha value is -1.45. The number of hydrogen-bond acceptors (Lipinski definition) is 7. The number of sulfonamides is 1. The van der Waals surface area contributed by atoms with Crippen LogP contribution in [0.25, 0.3) is 0 Å². The average Bonchev–Trinajstić information content (AvgIpc) is 2.38. The van der Waals surface area contributed by atoms with Gasteiger partial charge in [0.25, 0.3) is 0 Å². The van der Waals surface area contributed by atoms with Gasteiger partial charge in [-0.05, 0) is 6.92 Å². The Bertz CT molecular complexity index is 542. The molecule has 0 aliphatic carbocycles. The molecule has 0 radical (unpaired) electrons. The first kappa shape index (κ1) is 14.0. The second kappa shape index (κ2) is 5.68. The molecule has 106 valence electrons. The molecule has 1 aromatic rings. The van der Waals surface area contributed by atoms with Gasteiger partial charge >= 0.3 is 0 Å². The number of aryl methyl sites for hydroxylation is 1. The molecule has 9 heteroatoms. The maximum atomic E-state index is 11.0. The van der Waals surface area contributed by atoms with E-state index in [2.05, 4.69) is 25.1 Å². The lowest BCUT2D eigenvalue weighted by Crippen LogP contribution is -2.37. The summed E-state index contributed by atoms with van der Waals surface area (Å²) in [5.74, 6) is 1.01. The van der Waals surface area contributed by atoms with Gasteiger partial charge in [-0.3, -0.25) is 5.43 Å². The van der Waals surface area contributed by atoms with Crippen LogP contribution in [0.4, 0.5) is 11.8 Å². The molecule has 0 spiro atoms. The molecule has 0 unspecified atom stereocenters. The van der Waals surface area contributed by atoms with E-state index in [4.69, 9.17) is 4.74 Å². The van der Waals surface area contributed by atoms with Gasteiger partial charge in [0.2, 0.25) is 16.0 Å². The Balaban J connectivity index is 2.14. The quantitative estimate of drug-likeness (QED) is 0.720. The highest BCUT2D eigenvalue weighted by molar-refractivity contribution is 7.88. The van der Waals surface area contributed by atoms with Crippen molar-refractivity contribution in [1.29, 1.82) is 0 Å². The predicted molar refractivity (Wildman–Crippen MR) is 71.4 cm³/mol. The van der Waals surface area contributed by atoms with Crippen LogP contribution >= 0.6 is 0 Å². The number of morpholine rings is 1. The van der Waals surface area contributed by atoms with Crippen molar-refractivity contribution < 1.29 is 13.2 Å². The second-order valence-corrected chi connectivity index (χ2v) is 6.05. The number of rotatable bonds is 4. The summed E-state index contributed by atoms with van der Waals surface area (Å²) in [6.45, 7) is 4.76. The summed E-state index contributed by atoms with van der Waals surface area (Å²) >= 11 is 0. The van der Waals surface area contributed by atoms with Gasteiger partial charge in [-0.2, -0.15) is 4.98 Å². The van der Waals surface area contributed by atoms with E-state index in [9.17, 15) is 8.42 Å². The zero-order chi connectivity index (χ0) is 13.9. The molecule has 0 bridgehead atoms. The molecule has 1 saturated heterocycles. The highest BCUT2D eigenvalue weighted by atomic mass is 32.2. The van der Waals surface area contributed by atoms with Gasteiger partial charge in [-0.1, -0.05) is 0 Å². The molecule has 0 aromatic carbocycles. The van der Waals surface area contributed by atoms with Gasteiger partial charge in [0, 0.05) is 24.8 Å². The highest BCUT2D eigenvalue weighted by Crippen LogP contribution is 2.18. The van der Waals surface area contributed by atoms with Crippen LogP contribution in [-0.4, -0.2) is 50.9 Å². The van der Waals surface area contributed by atoms with Crippen LogP contribution in [0.1, 0.15) is 5.56 Å². The Morgan fingerprint density at radius 2 is 2.05 bits per heavy atom. The first-order chi connectivity index (χ1) is 8.96. The molecule has 0 atom stereocenters. The smallest absolute Gasteiger partial charge is 0.240 e. The molecule has 1 aliphatic rings. The van der Waals surface area contributed by atoms with Crippen molar-refractivity contribution in [3.8, 4) is 0 Å². The maximum absolute atomic E-state index is 11.0. The summed E-state index contributed by atoms with van der Waals surface area (Å²) in [6, 6.07) is 0. The van der Waals surface area contributed by atoms with E-state index in [-0.39, 0.29) is 5.95 Å². The van der Waals surface area contributed by atoms with Gasteiger partial charge < -0.3 is 9.64 Å². The van der Waals surface area contributed by atoms with Gasteiger partial charge in [0.15, 0.2) is 0 Å². The third-order valence-corrected chi connectivity index (χ3v) is 3.08. The zero-order valence-corrected chi connectivity index (χ0v) is 11.7. The van der Waals surface area contributed by atoms with E-state index in [1.54, 1.807) is 6.20 Å². The number of nitrogens with zero attached hydrogens (tertiary/aromatic N) is 3. The minimum atomic E-state index is -3.34. The largest absolute Gasteiger partial charge is 0.378 e. The molecule has 1 aromatic heterocycles. The first-order valence-electron chi connectivity index (χ1n) is 5.85. The molecule has 2 rings (SSSR count). The average molecular weight is 287 g/mol. The number of hydrazine groups is 1. The number of aromatic nitrogens is 2. The van der Waals surface area contributed by atoms with Gasteiger partial charge in [0.05, 0.1) is 19.5 Å². The summed E-state index contributed by atoms with van der Waals surface area (Å²) in [4.78, 5) is 12.6. The minimum absolute atomic E-state index is 0.220. The fourth-order valence-corrected chi connectivity index (χ4v) is 2.00. The molecule has 8 nitrogen and oxygen atoms in total. The lowest BCUT2D eigenvalue weighted by Gasteiger charge is -2.29. The first-order valence-corrected chi connectivity index (χ1v) is 7.74. The van der Waals surface area contributed by atoms with E-state index in [1.165, 1.54) is 0 Å². The Labute approximate surface area is 112 Å².